The molecule has 22 heavy (non-hydrogen) atoms. The van der Waals surface area contributed by atoms with Crippen molar-refractivity contribution in [3.63, 3.8) is 0 Å². The van der Waals surface area contributed by atoms with Crippen molar-refractivity contribution in [2.24, 2.45) is 0 Å². The first-order chi connectivity index (χ1) is 10.8. The van der Waals surface area contributed by atoms with Gasteiger partial charge in [0.05, 0.1) is 12.8 Å². The van der Waals surface area contributed by atoms with Crippen molar-refractivity contribution >= 4 is 17.5 Å². The Morgan fingerprint density at radius 3 is 2.73 bits per heavy atom. The summed E-state index contributed by atoms with van der Waals surface area (Å²) in [5.41, 5.74) is 2.05. The number of piperidine rings is 1. The molecule has 1 aliphatic rings. The van der Waals surface area contributed by atoms with Crippen LogP contribution < -0.4 is 15.0 Å². The fraction of sp³-hybridized carbons (Fsp3) is 0.412. The lowest BCUT2D eigenvalue weighted by Crippen LogP contribution is -2.30. The van der Waals surface area contributed by atoms with Gasteiger partial charge in [-0.3, -0.25) is 0 Å². The van der Waals surface area contributed by atoms with Gasteiger partial charge in [0.2, 0.25) is 5.95 Å². The van der Waals surface area contributed by atoms with E-state index in [-0.39, 0.29) is 0 Å². The molecular weight excluding hydrogens is 276 g/mol. The summed E-state index contributed by atoms with van der Waals surface area (Å²) in [5, 5.41) is 3.27. The summed E-state index contributed by atoms with van der Waals surface area (Å²) in [5.74, 6) is 2.38. The van der Waals surface area contributed by atoms with Crippen molar-refractivity contribution in [1.29, 1.82) is 0 Å². The van der Waals surface area contributed by atoms with Crippen molar-refractivity contribution < 1.29 is 4.74 Å². The van der Waals surface area contributed by atoms with Gasteiger partial charge in [0.1, 0.15) is 11.6 Å². The zero-order valence-corrected chi connectivity index (χ0v) is 13.2. The Morgan fingerprint density at radius 2 is 1.95 bits per heavy atom. The number of anilines is 3. The summed E-state index contributed by atoms with van der Waals surface area (Å²) in [6.45, 7) is 4.20. The van der Waals surface area contributed by atoms with Crippen molar-refractivity contribution in [3.8, 4) is 5.75 Å². The smallest absolute Gasteiger partial charge is 0.229 e. The molecule has 5 heteroatoms. The average Bonchev–Trinajstić information content (AvgIpc) is 2.56. The summed E-state index contributed by atoms with van der Waals surface area (Å²) in [6, 6.07) is 7.99. The second-order valence-electron chi connectivity index (χ2n) is 5.61. The summed E-state index contributed by atoms with van der Waals surface area (Å²) in [7, 11) is 1.67. The van der Waals surface area contributed by atoms with Crippen LogP contribution in [0.25, 0.3) is 0 Å². The summed E-state index contributed by atoms with van der Waals surface area (Å²) >= 11 is 0. The normalized spacial score (nSPS) is 14.7. The molecule has 116 valence electrons. The van der Waals surface area contributed by atoms with E-state index in [2.05, 4.69) is 27.1 Å². The highest BCUT2D eigenvalue weighted by molar-refractivity contribution is 5.64. The van der Waals surface area contributed by atoms with Crippen LogP contribution in [-0.2, 0) is 0 Å². The number of aromatic nitrogens is 2. The van der Waals surface area contributed by atoms with Gasteiger partial charge in [-0.15, -0.1) is 0 Å². The fourth-order valence-corrected chi connectivity index (χ4v) is 2.75. The second kappa shape index (κ2) is 6.64. The molecule has 0 atom stereocenters. The molecule has 2 heterocycles. The van der Waals surface area contributed by atoms with Gasteiger partial charge in [-0.1, -0.05) is 6.07 Å². The summed E-state index contributed by atoms with van der Waals surface area (Å²) in [6.07, 6.45) is 5.59. The molecule has 0 radical (unpaired) electrons. The number of benzene rings is 1. The quantitative estimate of drug-likeness (QED) is 0.936. The Kier molecular flexibility index (Phi) is 4.42. The fourth-order valence-electron chi connectivity index (χ4n) is 2.75. The van der Waals surface area contributed by atoms with Gasteiger partial charge >= 0.3 is 0 Å². The number of methoxy groups -OCH3 is 1. The summed E-state index contributed by atoms with van der Waals surface area (Å²) < 4.78 is 5.39. The number of nitrogens with zero attached hydrogens (tertiary/aromatic N) is 3. The van der Waals surface area contributed by atoms with Crippen LogP contribution in [0.5, 0.6) is 5.75 Å². The predicted molar refractivity (Wildman–Crippen MR) is 89.1 cm³/mol. The second-order valence-corrected chi connectivity index (χ2v) is 5.61. The third-order valence-electron chi connectivity index (χ3n) is 3.92. The van der Waals surface area contributed by atoms with Gasteiger partial charge in [0.15, 0.2) is 0 Å². The zero-order valence-electron chi connectivity index (χ0n) is 13.2. The lowest BCUT2D eigenvalue weighted by molar-refractivity contribution is 0.416. The van der Waals surface area contributed by atoms with Crippen molar-refractivity contribution in [1.82, 2.24) is 9.97 Å². The minimum Gasteiger partial charge on any atom is -0.495 e. The van der Waals surface area contributed by atoms with Crippen LogP contribution in [0.2, 0.25) is 0 Å². The van der Waals surface area contributed by atoms with Crippen LogP contribution in [0.3, 0.4) is 0 Å². The minimum atomic E-state index is 0.604. The molecule has 5 nitrogen and oxygen atoms in total. The van der Waals surface area contributed by atoms with E-state index in [9.17, 15) is 0 Å². The Hall–Kier alpha value is -2.30. The van der Waals surface area contributed by atoms with E-state index < -0.39 is 0 Å². The molecule has 1 aromatic heterocycles. The Labute approximate surface area is 131 Å². The molecule has 3 rings (SSSR count). The Bertz CT molecular complexity index is 638. The molecule has 0 saturated carbocycles. The van der Waals surface area contributed by atoms with Gasteiger partial charge < -0.3 is 15.0 Å². The Morgan fingerprint density at radius 1 is 1.14 bits per heavy atom. The zero-order chi connectivity index (χ0) is 15.4. The van der Waals surface area contributed by atoms with E-state index in [0.717, 1.165) is 35.9 Å². The molecule has 1 aliphatic heterocycles. The number of rotatable bonds is 4. The third-order valence-corrected chi connectivity index (χ3v) is 3.92. The number of hydrogen-bond donors (Lipinski definition) is 1. The molecule has 1 N–H and O–H groups in total. The molecule has 2 aromatic rings. The highest BCUT2D eigenvalue weighted by Crippen LogP contribution is 2.28. The van der Waals surface area contributed by atoms with Gasteiger partial charge in [-0.05, 0) is 49.9 Å². The maximum Gasteiger partial charge on any atom is 0.229 e. The van der Waals surface area contributed by atoms with Gasteiger partial charge in [-0.25, -0.2) is 4.98 Å². The monoisotopic (exact) mass is 298 g/mol. The van der Waals surface area contributed by atoms with Crippen LogP contribution in [0.15, 0.2) is 30.5 Å². The standard InChI is InChI=1S/C17H22N4O/c1-13-6-7-15(22-2)14(12-13)19-17-18-9-8-16(20-17)21-10-4-3-5-11-21/h6-9,12H,3-5,10-11H2,1-2H3,(H,18,19,20). The maximum atomic E-state index is 5.39. The molecule has 0 bridgehead atoms. The van der Waals surface area contributed by atoms with Crippen LogP contribution in [-0.4, -0.2) is 30.2 Å². The number of ether oxygens (including phenoxy) is 1. The number of nitrogens with one attached hydrogen (secondary N) is 1. The van der Waals surface area contributed by atoms with Gasteiger partial charge in [0.25, 0.3) is 0 Å². The van der Waals surface area contributed by atoms with Crippen LogP contribution in [0, 0.1) is 6.92 Å². The molecule has 0 spiro atoms. The van der Waals surface area contributed by atoms with E-state index in [1.54, 1.807) is 7.11 Å². The third kappa shape index (κ3) is 3.30. The van der Waals surface area contributed by atoms with E-state index in [4.69, 9.17) is 4.74 Å². The lowest BCUT2D eigenvalue weighted by atomic mass is 10.1. The van der Waals surface area contributed by atoms with Crippen LogP contribution >= 0.6 is 0 Å². The molecule has 1 saturated heterocycles. The first-order valence-electron chi connectivity index (χ1n) is 7.76. The van der Waals surface area contributed by atoms with E-state index in [1.807, 2.05) is 30.5 Å². The first-order valence-corrected chi connectivity index (χ1v) is 7.76. The maximum absolute atomic E-state index is 5.39. The lowest BCUT2D eigenvalue weighted by Gasteiger charge is -2.27. The summed E-state index contributed by atoms with van der Waals surface area (Å²) in [4.78, 5) is 11.3. The van der Waals surface area contributed by atoms with Crippen LogP contribution in [0.4, 0.5) is 17.5 Å². The molecular formula is C17H22N4O. The van der Waals surface area contributed by atoms with Crippen molar-refractivity contribution in [3.05, 3.63) is 36.0 Å². The average molecular weight is 298 g/mol. The minimum absolute atomic E-state index is 0.604. The van der Waals surface area contributed by atoms with Crippen molar-refractivity contribution in [2.75, 3.05) is 30.4 Å². The van der Waals surface area contributed by atoms with E-state index in [0.29, 0.717) is 5.95 Å². The molecule has 0 unspecified atom stereocenters. The Balaban J connectivity index is 1.82. The number of aryl methyl sites for hydroxylation is 1. The largest absolute Gasteiger partial charge is 0.495 e. The van der Waals surface area contributed by atoms with Gasteiger partial charge in [-0.2, -0.15) is 4.98 Å². The SMILES string of the molecule is COc1ccc(C)cc1Nc1nccc(N2CCCCC2)n1. The molecule has 1 aromatic carbocycles. The predicted octanol–water partition coefficient (Wildman–Crippen LogP) is 3.53. The van der Waals surface area contributed by atoms with E-state index >= 15 is 0 Å². The van der Waals surface area contributed by atoms with Crippen molar-refractivity contribution in [2.45, 2.75) is 26.2 Å². The molecule has 1 fully saturated rings. The highest BCUT2D eigenvalue weighted by atomic mass is 16.5. The topological polar surface area (TPSA) is 50.3 Å². The first kappa shape index (κ1) is 14.6. The highest BCUT2D eigenvalue weighted by Gasteiger charge is 2.13. The van der Waals surface area contributed by atoms with Crippen LogP contribution in [0.1, 0.15) is 24.8 Å². The van der Waals surface area contributed by atoms with Gasteiger partial charge in [0, 0.05) is 19.3 Å². The van der Waals surface area contributed by atoms with E-state index in [1.165, 1.54) is 19.3 Å². The molecule has 0 aliphatic carbocycles. The molecule has 0 amide bonds. The number of hydrogen-bond acceptors (Lipinski definition) is 5.